The molecule has 6 nitrogen and oxygen atoms in total. The molecule has 3 heterocycles. The third kappa shape index (κ3) is 4.96. The fraction of sp³-hybridized carbons (Fsp3) is 0.318. The summed E-state index contributed by atoms with van der Waals surface area (Å²) in [5, 5.41) is 10.6. The van der Waals surface area contributed by atoms with E-state index >= 15 is 0 Å². The normalized spacial score (nSPS) is 17.0. The van der Waals surface area contributed by atoms with Gasteiger partial charge < -0.3 is 10.0 Å². The lowest BCUT2D eigenvalue weighted by Gasteiger charge is -2.30. The minimum Gasteiger partial charge on any atom is -0.387 e. The third-order valence-electron chi connectivity index (χ3n) is 5.46. The van der Waals surface area contributed by atoms with E-state index in [-0.39, 0.29) is 47.6 Å². The van der Waals surface area contributed by atoms with E-state index < -0.39 is 34.6 Å². The van der Waals surface area contributed by atoms with Crippen molar-refractivity contribution in [3.8, 4) is 0 Å². The molecule has 0 fully saturated rings. The van der Waals surface area contributed by atoms with Crippen LogP contribution in [0.25, 0.3) is 5.57 Å². The van der Waals surface area contributed by atoms with Crippen LogP contribution in [0.3, 0.4) is 0 Å². The van der Waals surface area contributed by atoms with E-state index in [1.807, 2.05) is 0 Å². The van der Waals surface area contributed by atoms with Crippen molar-refractivity contribution in [2.75, 3.05) is 18.0 Å². The molecular weight excluding hydrogens is 498 g/mol. The highest BCUT2D eigenvalue weighted by molar-refractivity contribution is 7.12. The van der Waals surface area contributed by atoms with Crippen LogP contribution in [0, 0.1) is 12.7 Å². The molecule has 3 aromatic rings. The van der Waals surface area contributed by atoms with Gasteiger partial charge in [0.1, 0.15) is 11.6 Å². The Hall–Kier alpha value is -3.19. The van der Waals surface area contributed by atoms with Crippen LogP contribution in [0.2, 0.25) is 0 Å². The van der Waals surface area contributed by atoms with Gasteiger partial charge in [-0.3, -0.25) is 4.57 Å². The molecule has 1 aliphatic heterocycles. The largest absolute Gasteiger partial charge is 0.458 e. The number of halogens is 6. The van der Waals surface area contributed by atoms with Crippen LogP contribution in [-0.4, -0.2) is 45.0 Å². The van der Waals surface area contributed by atoms with E-state index in [2.05, 4.69) is 9.97 Å². The fourth-order valence-corrected chi connectivity index (χ4v) is 4.60. The lowest BCUT2D eigenvalue weighted by atomic mass is 9.97. The number of anilines is 1. The molecule has 0 saturated carbocycles. The maximum Gasteiger partial charge on any atom is 0.458 e. The molecular formula is C22H18F6N4O2S. The van der Waals surface area contributed by atoms with Crippen molar-refractivity contribution in [2.45, 2.75) is 31.7 Å². The summed E-state index contributed by atoms with van der Waals surface area (Å²) in [5.41, 5.74) is 0.473. The summed E-state index contributed by atoms with van der Waals surface area (Å²) >= 11 is 0.250. The highest BCUT2D eigenvalue weighted by Crippen LogP contribution is 2.46. The zero-order chi connectivity index (χ0) is 25.5. The monoisotopic (exact) mass is 516 g/mol. The highest BCUT2D eigenvalue weighted by Gasteiger charge is 2.59. The number of β-amino-alcohol motifs (C(OH)–C–C–N with tert-alkyl or cyclic N) is 1. The number of alkyl halides is 5. The van der Waals surface area contributed by atoms with Crippen molar-refractivity contribution in [1.82, 2.24) is 14.5 Å². The first-order chi connectivity index (χ1) is 16.4. The van der Waals surface area contributed by atoms with Gasteiger partial charge in [0, 0.05) is 11.4 Å². The van der Waals surface area contributed by atoms with Crippen molar-refractivity contribution in [3.63, 3.8) is 0 Å². The van der Waals surface area contributed by atoms with Gasteiger partial charge in [0.25, 0.3) is 0 Å². The van der Waals surface area contributed by atoms with Crippen LogP contribution in [0.5, 0.6) is 0 Å². The average Bonchev–Trinajstić information content (AvgIpc) is 3.25. The molecule has 0 aliphatic carbocycles. The lowest BCUT2D eigenvalue weighted by Crippen LogP contribution is -2.40. The maximum absolute atomic E-state index is 13.6. The first-order valence-corrected chi connectivity index (χ1v) is 11.1. The number of benzene rings is 1. The van der Waals surface area contributed by atoms with Gasteiger partial charge in [-0.2, -0.15) is 31.9 Å². The highest BCUT2D eigenvalue weighted by atomic mass is 32.1. The molecule has 0 amide bonds. The summed E-state index contributed by atoms with van der Waals surface area (Å²) < 4.78 is 79.2. The Balaban J connectivity index is 1.53. The second-order valence-electron chi connectivity index (χ2n) is 7.86. The minimum absolute atomic E-state index is 0.0349. The van der Waals surface area contributed by atoms with Crippen molar-refractivity contribution in [3.05, 3.63) is 79.9 Å². The molecule has 1 aromatic carbocycles. The van der Waals surface area contributed by atoms with Crippen LogP contribution in [0.1, 0.15) is 21.1 Å². The number of aliphatic hydroxyl groups is 1. The molecule has 0 unspecified atom stereocenters. The second kappa shape index (κ2) is 9.11. The van der Waals surface area contributed by atoms with Gasteiger partial charge in [-0.25, -0.2) is 9.18 Å². The molecule has 0 radical (unpaired) electrons. The second-order valence-corrected chi connectivity index (χ2v) is 9.03. The number of aryl methyl sites for hydroxylation is 1. The van der Waals surface area contributed by atoms with Crippen molar-refractivity contribution in [1.29, 1.82) is 0 Å². The molecule has 186 valence electrons. The zero-order valence-corrected chi connectivity index (χ0v) is 18.9. The SMILES string of the molecule is Cc1nc(N2CC=C(c3ccc(F)cc3)[C@@H](O)C2)nc(=O)n1Cc1ccc(C(F)(F)C(F)(F)F)s1. The minimum atomic E-state index is -5.73. The van der Waals surface area contributed by atoms with Gasteiger partial charge in [0.2, 0.25) is 5.95 Å². The van der Waals surface area contributed by atoms with E-state index in [0.717, 1.165) is 10.6 Å². The van der Waals surface area contributed by atoms with Crippen LogP contribution in [0.15, 0.2) is 47.3 Å². The van der Waals surface area contributed by atoms with Gasteiger partial charge >= 0.3 is 17.8 Å². The number of aromatic nitrogens is 3. The van der Waals surface area contributed by atoms with Crippen LogP contribution in [-0.2, 0) is 12.5 Å². The molecule has 1 atom stereocenters. The van der Waals surface area contributed by atoms with Crippen LogP contribution in [0.4, 0.5) is 32.3 Å². The Morgan fingerprint density at radius 2 is 1.77 bits per heavy atom. The first-order valence-electron chi connectivity index (χ1n) is 10.2. The number of thiophene rings is 1. The molecule has 0 bridgehead atoms. The smallest absolute Gasteiger partial charge is 0.387 e. The van der Waals surface area contributed by atoms with Gasteiger partial charge in [-0.05, 0) is 42.3 Å². The Morgan fingerprint density at radius 3 is 2.37 bits per heavy atom. The molecule has 35 heavy (non-hydrogen) atoms. The lowest BCUT2D eigenvalue weighted by molar-refractivity contribution is -0.287. The standard InChI is InChI=1S/C22H18F6N4O2S/c1-12-29-19(31-9-8-16(17(33)11-31)13-2-4-14(23)5-3-13)30-20(34)32(12)10-15-6-7-18(35-15)21(24,25)22(26,27)28/h2-8,17,33H,9-11H2,1H3/t17-/m0/s1. The summed E-state index contributed by atoms with van der Waals surface area (Å²) in [7, 11) is 0. The van der Waals surface area contributed by atoms with Crippen molar-refractivity contribution < 1.29 is 31.4 Å². The predicted molar refractivity (Wildman–Crippen MR) is 117 cm³/mol. The van der Waals surface area contributed by atoms with Gasteiger partial charge in [0.15, 0.2) is 0 Å². The van der Waals surface area contributed by atoms with E-state index in [1.54, 1.807) is 23.1 Å². The number of rotatable bonds is 5. The molecule has 4 rings (SSSR count). The molecule has 0 spiro atoms. The Kier molecular flexibility index (Phi) is 6.49. The van der Waals surface area contributed by atoms with Gasteiger partial charge in [-0.15, -0.1) is 11.3 Å². The van der Waals surface area contributed by atoms with Crippen molar-refractivity contribution in [2.24, 2.45) is 0 Å². The van der Waals surface area contributed by atoms with Crippen LogP contribution < -0.4 is 10.6 Å². The third-order valence-corrected chi connectivity index (χ3v) is 6.60. The molecule has 1 N–H and O–H groups in total. The Labute approximate surface area is 198 Å². The van der Waals surface area contributed by atoms with E-state index in [9.17, 15) is 36.2 Å². The fourth-order valence-electron chi connectivity index (χ4n) is 3.61. The summed E-state index contributed by atoms with van der Waals surface area (Å²) in [4.78, 5) is 21.3. The Bertz CT molecular complexity index is 1320. The summed E-state index contributed by atoms with van der Waals surface area (Å²) in [5.74, 6) is -5.20. The number of hydrogen-bond acceptors (Lipinski definition) is 6. The summed E-state index contributed by atoms with van der Waals surface area (Å²) in [6.45, 7) is 1.52. The van der Waals surface area contributed by atoms with E-state index in [4.69, 9.17) is 0 Å². The van der Waals surface area contributed by atoms with Gasteiger partial charge in [0.05, 0.1) is 24.1 Å². The number of nitrogens with zero attached hydrogens (tertiary/aromatic N) is 4. The van der Waals surface area contributed by atoms with Crippen LogP contribution >= 0.6 is 11.3 Å². The summed E-state index contributed by atoms with van der Waals surface area (Å²) in [6, 6.07) is 7.43. The number of aliphatic hydroxyl groups excluding tert-OH is 1. The first kappa shape index (κ1) is 24.9. The maximum atomic E-state index is 13.6. The number of hydrogen-bond donors (Lipinski definition) is 1. The van der Waals surface area contributed by atoms with Crippen molar-refractivity contribution >= 4 is 22.9 Å². The van der Waals surface area contributed by atoms with E-state index in [0.29, 0.717) is 17.2 Å². The quantitative estimate of drug-likeness (QED) is 0.517. The molecule has 1 aliphatic rings. The average molecular weight is 516 g/mol. The molecule has 0 saturated heterocycles. The van der Waals surface area contributed by atoms with Gasteiger partial charge in [-0.1, -0.05) is 18.2 Å². The summed E-state index contributed by atoms with van der Waals surface area (Å²) in [6.07, 6.45) is -4.98. The predicted octanol–water partition coefficient (Wildman–Crippen LogP) is 4.11. The zero-order valence-electron chi connectivity index (χ0n) is 18.1. The molecule has 2 aromatic heterocycles. The topological polar surface area (TPSA) is 71.2 Å². The molecule has 13 heteroatoms. The Morgan fingerprint density at radius 1 is 1.09 bits per heavy atom. The van der Waals surface area contributed by atoms with E-state index in [1.165, 1.54) is 19.1 Å².